The van der Waals surface area contributed by atoms with Crippen LogP contribution in [0, 0.1) is 12.7 Å². The number of rotatable bonds is 5. The zero-order valence-corrected chi connectivity index (χ0v) is 14.1. The Hall–Kier alpha value is -1.18. The summed E-state index contributed by atoms with van der Waals surface area (Å²) in [5.74, 6) is -0.253. The Bertz CT molecular complexity index is 619. The van der Waals surface area contributed by atoms with Gasteiger partial charge in [-0.25, -0.2) is 4.39 Å². The molecule has 1 heterocycles. The van der Waals surface area contributed by atoms with Gasteiger partial charge in [-0.1, -0.05) is 0 Å². The van der Waals surface area contributed by atoms with Gasteiger partial charge in [-0.15, -0.1) is 0 Å². The van der Waals surface area contributed by atoms with Crippen LogP contribution >= 0.6 is 0 Å². The molecule has 1 unspecified atom stereocenters. The number of hydrogen-bond donors (Lipinski definition) is 2. The van der Waals surface area contributed by atoms with Crippen molar-refractivity contribution in [1.29, 1.82) is 0 Å². The number of anilines is 1. The van der Waals surface area contributed by atoms with Crippen molar-refractivity contribution in [2.45, 2.75) is 45.7 Å². The molecule has 0 aromatic heterocycles. The molecule has 0 amide bonds. The van der Waals surface area contributed by atoms with E-state index in [4.69, 9.17) is 0 Å². The highest BCUT2D eigenvalue weighted by molar-refractivity contribution is 7.87. The van der Waals surface area contributed by atoms with E-state index in [0.29, 0.717) is 6.54 Å². The highest BCUT2D eigenvalue weighted by atomic mass is 32.2. The molecular formula is C15H24FN3O2S. The Kier molecular flexibility index (Phi) is 5.41. The highest BCUT2D eigenvalue weighted by Crippen LogP contribution is 2.24. The molecule has 2 rings (SSSR count). The summed E-state index contributed by atoms with van der Waals surface area (Å²) in [5, 5.41) is 0. The topological polar surface area (TPSA) is 61.4 Å². The summed E-state index contributed by atoms with van der Waals surface area (Å²) in [6.45, 7) is 6.88. The van der Waals surface area contributed by atoms with Gasteiger partial charge in [0.15, 0.2) is 0 Å². The first-order valence-electron chi connectivity index (χ1n) is 7.57. The fourth-order valence-corrected chi connectivity index (χ4v) is 4.15. The second-order valence-electron chi connectivity index (χ2n) is 6.11. The molecule has 0 aliphatic carbocycles. The fourth-order valence-electron chi connectivity index (χ4n) is 2.83. The van der Waals surface area contributed by atoms with Gasteiger partial charge >= 0.3 is 0 Å². The highest BCUT2D eigenvalue weighted by Gasteiger charge is 2.25. The SMILES string of the molecule is Cc1cc(F)ccc1N1CCCC(NS(=O)(=O)NC(C)C)C1. The third-order valence-electron chi connectivity index (χ3n) is 3.63. The molecule has 1 fully saturated rings. The van der Waals surface area contributed by atoms with Crippen molar-refractivity contribution in [2.24, 2.45) is 0 Å². The van der Waals surface area contributed by atoms with E-state index in [0.717, 1.165) is 30.6 Å². The van der Waals surface area contributed by atoms with E-state index < -0.39 is 10.2 Å². The van der Waals surface area contributed by atoms with Gasteiger partial charge in [0.05, 0.1) is 0 Å². The number of benzene rings is 1. The number of aryl methyl sites for hydroxylation is 1. The normalized spacial score (nSPS) is 19.7. The van der Waals surface area contributed by atoms with Gasteiger partial charge in [0.2, 0.25) is 0 Å². The lowest BCUT2D eigenvalue weighted by molar-refractivity contribution is 0.459. The third kappa shape index (κ3) is 4.66. The summed E-state index contributed by atoms with van der Waals surface area (Å²) < 4.78 is 42.4. The molecule has 1 aromatic rings. The number of nitrogens with one attached hydrogen (secondary N) is 2. The minimum absolute atomic E-state index is 0.142. The van der Waals surface area contributed by atoms with Crippen LogP contribution in [0.1, 0.15) is 32.3 Å². The Labute approximate surface area is 132 Å². The third-order valence-corrected chi connectivity index (χ3v) is 5.06. The maximum atomic E-state index is 13.2. The quantitative estimate of drug-likeness (QED) is 0.868. The number of piperidine rings is 1. The van der Waals surface area contributed by atoms with E-state index in [9.17, 15) is 12.8 Å². The molecule has 5 nitrogen and oxygen atoms in total. The lowest BCUT2D eigenvalue weighted by Gasteiger charge is -2.35. The van der Waals surface area contributed by atoms with Gasteiger partial charge in [0.25, 0.3) is 10.2 Å². The predicted molar refractivity (Wildman–Crippen MR) is 86.7 cm³/mol. The summed E-state index contributed by atoms with van der Waals surface area (Å²) >= 11 is 0. The van der Waals surface area contributed by atoms with Gasteiger partial charge < -0.3 is 4.90 Å². The summed E-state index contributed by atoms with van der Waals surface area (Å²) in [6, 6.07) is 4.42. The number of nitrogens with zero attached hydrogens (tertiary/aromatic N) is 1. The van der Waals surface area contributed by atoms with Crippen molar-refractivity contribution >= 4 is 15.9 Å². The van der Waals surface area contributed by atoms with Crippen LogP contribution in [0.5, 0.6) is 0 Å². The minimum atomic E-state index is -3.49. The van der Waals surface area contributed by atoms with Gasteiger partial charge in [-0.05, 0) is 57.4 Å². The molecular weight excluding hydrogens is 305 g/mol. The van der Waals surface area contributed by atoms with Crippen LogP contribution in [0.4, 0.5) is 10.1 Å². The lowest BCUT2D eigenvalue weighted by Crippen LogP contribution is -2.51. The average Bonchev–Trinajstić information content (AvgIpc) is 2.36. The molecule has 1 aliphatic heterocycles. The van der Waals surface area contributed by atoms with Gasteiger partial charge in [-0.2, -0.15) is 17.9 Å². The first-order chi connectivity index (χ1) is 10.3. The Balaban J connectivity index is 2.06. The molecule has 1 aromatic carbocycles. The second-order valence-corrected chi connectivity index (χ2v) is 7.59. The molecule has 0 spiro atoms. The first kappa shape index (κ1) is 17.2. The molecule has 1 saturated heterocycles. The van der Waals surface area contributed by atoms with Crippen molar-refractivity contribution < 1.29 is 12.8 Å². The van der Waals surface area contributed by atoms with Crippen molar-refractivity contribution in [2.75, 3.05) is 18.0 Å². The molecule has 1 aliphatic rings. The van der Waals surface area contributed by atoms with Crippen LogP contribution in [0.2, 0.25) is 0 Å². The molecule has 22 heavy (non-hydrogen) atoms. The van der Waals surface area contributed by atoms with Gasteiger partial charge in [0.1, 0.15) is 5.82 Å². The van der Waals surface area contributed by atoms with Crippen LogP contribution < -0.4 is 14.3 Å². The van der Waals surface area contributed by atoms with Crippen molar-refractivity contribution in [3.05, 3.63) is 29.6 Å². The van der Waals surface area contributed by atoms with Crippen LogP contribution in [0.15, 0.2) is 18.2 Å². The van der Waals surface area contributed by atoms with Crippen molar-refractivity contribution in [3.8, 4) is 0 Å². The molecule has 0 bridgehead atoms. The largest absolute Gasteiger partial charge is 0.370 e. The zero-order chi connectivity index (χ0) is 16.3. The zero-order valence-electron chi connectivity index (χ0n) is 13.3. The van der Waals surface area contributed by atoms with E-state index in [1.54, 1.807) is 19.9 Å². The predicted octanol–water partition coefficient (Wildman–Crippen LogP) is 1.94. The van der Waals surface area contributed by atoms with Crippen molar-refractivity contribution in [3.63, 3.8) is 0 Å². The summed E-state index contributed by atoms with van der Waals surface area (Å²) in [4.78, 5) is 2.11. The van der Waals surface area contributed by atoms with Crippen LogP contribution in [-0.2, 0) is 10.2 Å². The van der Waals surface area contributed by atoms with Crippen LogP contribution in [0.3, 0.4) is 0 Å². The average molecular weight is 329 g/mol. The Morgan fingerprint density at radius 3 is 2.73 bits per heavy atom. The number of hydrogen-bond acceptors (Lipinski definition) is 3. The summed E-state index contributed by atoms with van der Waals surface area (Å²) in [6.07, 6.45) is 1.70. The summed E-state index contributed by atoms with van der Waals surface area (Å²) in [5.41, 5.74) is 1.82. The molecule has 2 N–H and O–H groups in total. The second kappa shape index (κ2) is 6.93. The monoisotopic (exact) mass is 329 g/mol. The van der Waals surface area contributed by atoms with E-state index in [-0.39, 0.29) is 17.9 Å². The minimum Gasteiger partial charge on any atom is -0.370 e. The van der Waals surface area contributed by atoms with Gasteiger partial charge in [-0.3, -0.25) is 0 Å². The molecule has 0 radical (unpaired) electrons. The molecule has 1 atom stereocenters. The first-order valence-corrected chi connectivity index (χ1v) is 9.06. The Morgan fingerprint density at radius 1 is 1.36 bits per heavy atom. The molecule has 7 heteroatoms. The maximum Gasteiger partial charge on any atom is 0.277 e. The van der Waals surface area contributed by atoms with Gasteiger partial charge in [0, 0.05) is 30.9 Å². The smallest absolute Gasteiger partial charge is 0.277 e. The van der Waals surface area contributed by atoms with Crippen LogP contribution in [-0.4, -0.2) is 33.6 Å². The van der Waals surface area contributed by atoms with Crippen molar-refractivity contribution in [1.82, 2.24) is 9.44 Å². The molecule has 0 saturated carbocycles. The molecule has 124 valence electrons. The maximum absolute atomic E-state index is 13.2. The van der Waals surface area contributed by atoms with E-state index in [2.05, 4.69) is 14.3 Å². The Morgan fingerprint density at radius 2 is 2.09 bits per heavy atom. The van der Waals surface area contributed by atoms with Crippen LogP contribution in [0.25, 0.3) is 0 Å². The van der Waals surface area contributed by atoms with E-state index in [1.807, 2.05) is 6.92 Å². The summed E-state index contributed by atoms with van der Waals surface area (Å²) in [7, 11) is -3.49. The van der Waals surface area contributed by atoms with E-state index in [1.165, 1.54) is 12.1 Å². The lowest BCUT2D eigenvalue weighted by atomic mass is 10.0. The number of halogens is 1. The standard InChI is InChI=1S/C15H24FN3O2S/c1-11(2)17-22(20,21)18-14-5-4-8-19(10-14)15-7-6-13(16)9-12(15)3/h6-7,9,11,14,17-18H,4-5,8,10H2,1-3H3. The fraction of sp³-hybridized carbons (Fsp3) is 0.600. The van der Waals surface area contributed by atoms with E-state index >= 15 is 0 Å².